The number of fused-ring (bicyclic) bond motifs is 1. The largest absolute Gasteiger partial charge is 0.326 e. The molecule has 0 bridgehead atoms. The molecule has 0 unspecified atom stereocenters. The molecule has 1 aliphatic heterocycles. The second-order valence-electron chi connectivity index (χ2n) is 4.66. The zero-order valence-corrected chi connectivity index (χ0v) is 11.6. The van der Waals surface area contributed by atoms with Crippen LogP contribution in [0.3, 0.4) is 0 Å². The molecule has 1 aromatic heterocycles. The van der Waals surface area contributed by atoms with Crippen LogP contribution in [0.25, 0.3) is 0 Å². The molecule has 1 N–H and O–H groups in total. The van der Waals surface area contributed by atoms with Crippen molar-refractivity contribution < 1.29 is 0 Å². The summed E-state index contributed by atoms with van der Waals surface area (Å²) in [5, 5.41) is 3.81. The first kappa shape index (κ1) is 12.5. The van der Waals surface area contributed by atoms with E-state index in [-0.39, 0.29) is 0 Å². The minimum atomic E-state index is 0.683. The van der Waals surface area contributed by atoms with Gasteiger partial charge < -0.3 is 10.2 Å². The third-order valence-corrected chi connectivity index (χ3v) is 3.76. The van der Waals surface area contributed by atoms with Crippen LogP contribution in [-0.2, 0) is 13.0 Å². The molecule has 3 rings (SSSR count). The van der Waals surface area contributed by atoms with Crippen LogP contribution < -0.4 is 10.2 Å². The molecule has 2 aromatic rings. The molecular formula is C15H16ClN3. The number of halogens is 1. The Bertz CT molecular complexity index is 598. The smallest absolute Gasteiger partial charge is 0.133 e. The third kappa shape index (κ3) is 2.31. The Balaban J connectivity index is 1.98. The lowest BCUT2D eigenvalue weighted by Crippen LogP contribution is -2.16. The van der Waals surface area contributed by atoms with E-state index < -0.39 is 0 Å². The lowest BCUT2D eigenvalue weighted by molar-refractivity contribution is 0.788. The van der Waals surface area contributed by atoms with Gasteiger partial charge in [-0.25, -0.2) is 4.98 Å². The SMILES string of the molecule is CNCc1nc(N2CCc3ccccc32)ccc1Cl. The molecule has 4 heteroatoms. The van der Waals surface area contributed by atoms with E-state index in [1.165, 1.54) is 11.3 Å². The molecule has 3 nitrogen and oxygen atoms in total. The number of benzene rings is 1. The second kappa shape index (κ2) is 5.19. The van der Waals surface area contributed by atoms with E-state index in [2.05, 4.69) is 39.5 Å². The Morgan fingerprint density at radius 1 is 1.26 bits per heavy atom. The summed E-state index contributed by atoms with van der Waals surface area (Å²) in [5.74, 6) is 0.972. The molecule has 1 aliphatic rings. The maximum Gasteiger partial charge on any atom is 0.133 e. The van der Waals surface area contributed by atoms with Crippen molar-refractivity contribution in [1.82, 2.24) is 10.3 Å². The summed E-state index contributed by atoms with van der Waals surface area (Å²) >= 11 is 6.16. The van der Waals surface area contributed by atoms with Crippen molar-refractivity contribution >= 4 is 23.1 Å². The first-order valence-corrected chi connectivity index (χ1v) is 6.83. The Morgan fingerprint density at radius 3 is 2.95 bits per heavy atom. The number of aromatic nitrogens is 1. The standard InChI is InChI=1S/C15H16ClN3/c1-17-10-13-12(16)6-7-15(18-13)19-9-8-11-4-2-3-5-14(11)19/h2-7,17H,8-10H2,1H3. The van der Waals surface area contributed by atoms with Crippen LogP contribution >= 0.6 is 11.6 Å². The summed E-state index contributed by atoms with van der Waals surface area (Å²) < 4.78 is 0. The molecule has 0 amide bonds. The topological polar surface area (TPSA) is 28.2 Å². The zero-order valence-electron chi connectivity index (χ0n) is 10.9. The number of rotatable bonds is 3. The highest BCUT2D eigenvalue weighted by Gasteiger charge is 2.21. The van der Waals surface area contributed by atoms with E-state index in [9.17, 15) is 0 Å². The van der Waals surface area contributed by atoms with Crippen molar-refractivity contribution in [2.75, 3.05) is 18.5 Å². The van der Waals surface area contributed by atoms with Crippen LogP contribution in [0.5, 0.6) is 0 Å². The van der Waals surface area contributed by atoms with Gasteiger partial charge in [0.1, 0.15) is 5.82 Å². The summed E-state index contributed by atoms with van der Waals surface area (Å²) in [4.78, 5) is 6.93. The second-order valence-corrected chi connectivity index (χ2v) is 5.07. The van der Waals surface area contributed by atoms with Crippen LogP contribution in [0.15, 0.2) is 36.4 Å². The average Bonchev–Trinajstić information content (AvgIpc) is 2.85. The minimum absolute atomic E-state index is 0.683. The maximum absolute atomic E-state index is 6.16. The fourth-order valence-electron chi connectivity index (χ4n) is 2.49. The van der Waals surface area contributed by atoms with E-state index >= 15 is 0 Å². The highest BCUT2D eigenvalue weighted by molar-refractivity contribution is 6.31. The number of pyridine rings is 1. The first-order chi connectivity index (χ1) is 9.29. The van der Waals surface area contributed by atoms with Gasteiger partial charge in [0.2, 0.25) is 0 Å². The summed E-state index contributed by atoms with van der Waals surface area (Å²) in [6.07, 6.45) is 1.07. The van der Waals surface area contributed by atoms with Gasteiger partial charge >= 0.3 is 0 Å². The summed E-state index contributed by atoms with van der Waals surface area (Å²) in [5.41, 5.74) is 3.54. The van der Waals surface area contributed by atoms with Gasteiger partial charge in [-0.1, -0.05) is 29.8 Å². The predicted octanol–water partition coefficient (Wildman–Crippen LogP) is 3.15. The van der Waals surface area contributed by atoms with Gasteiger partial charge in [0.05, 0.1) is 10.7 Å². The monoisotopic (exact) mass is 273 g/mol. The number of hydrogen-bond donors (Lipinski definition) is 1. The molecule has 98 valence electrons. The quantitative estimate of drug-likeness (QED) is 0.931. The molecule has 0 atom stereocenters. The number of nitrogens with one attached hydrogen (secondary N) is 1. The van der Waals surface area contributed by atoms with Crippen molar-refractivity contribution in [1.29, 1.82) is 0 Å². The van der Waals surface area contributed by atoms with Crippen molar-refractivity contribution in [3.8, 4) is 0 Å². The molecule has 0 saturated heterocycles. The lowest BCUT2D eigenvalue weighted by atomic mass is 10.2. The van der Waals surface area contributed by atoms with Crippen molar-refractivity contribution in [3.63, 3.8) is 0 Å². The Kier molecular flexibility index (Phi) is 3.40. The summed E-state index contributed by atoms with van der Waals surface area (Å²) in [7, 11) is 1.90. The number of hydrogen-bond acceptors (Lipinski definition) is 3. The van der Waals surface area contributed by atoms with Gasteiger partial charge in [-0.2, -0.15) is 0 Å². The summed E-state index contributed by atoms with van der Waals surface area (Å²) in [6.45, 7) is 1.66. The molecule has 0 spiro atoms. The Labute approximate surface area is 118 Å². The lowest BCUT2D eigenvalue weighted by Gasteiger charge is -2.19. The van der Waals surface area contributed by atoms with E-state index in [1.807, 2.05) is 19.2 Å². The fourth-order valence-corrected chi connectivity index (χ4v) is 2.66. The number of para-hydroxylation sites is 1. The van der Waals surface area contributed by atoms with E-state index in [4.69, 9.17) is 11.6 Å². The van der Waals surface area contributed by atoms with Crippen molar-refractivity contribution in [2.45, 2.75) is 13.0 Å². The van der Waals surface area contributed by atoms with E-state index in [0.29, 0.717) is 11.6 Å². The van der Waals surface area contributed by atoms with Crippen LogP contribution in [-0.4, -0.2) is 18.6 Å². The van der Waals surface area contributed by atoms with Crippen LogP contribution in [0.1, 0.15) is 11.3 Å². The molecule has 2 heterocycles. The Morgan fingerprint density at radius 2 is 2.11 bits per heavy atom. The zero-order chi connectivity index (χ0) is 13.2. The van der Waals surface area contributed by atoms with Gasteiger partial charge in [-0.3, -0.25) is 0 Å². The van der Waals surface area contributed by atoms with E-state index in [0.717, 1.165) is 24.5 Å². The van der Waals surface area contributed by atoms with Gasteiger partial charge in [0.25, 0.3) is 0 Å². The highest BCUT2D eigenvalue weighted by atomic mass is 35.5. The normalized spacial score (nSPS) is 13.7. The van der Waals surface area contributed by atoms with Gasteiger partial charge in [0.15, 0.2) is 0 Å². The maximum atomic E-state index is 6.16. The molecule has 1 aromatic carbocycles. The number of nitrogens with zero attached hydrogens (tertiary/aromatic N) is 2. The molecule has 0 fully saturated rings. The fraction of sp³-hybridized carbons (Fsp3) is 0.267. The van der Waals surface area contributed by atoms with Gasteiger partial charge in [0, 0.05) is 18.8 Å². The average molecular weight is 274 g/mol. The van der Waals surface area contributed by atoms with Crippen LogP contribution in [0.2, 0.25) is 5.02 Å². The minimum Gasteiger partial charge on any atom is -0.326 e. The van der Waals surface area contributed by atoms with Gasteiger partial charge in [-0.05, 0) is 37.2 Å². The number of anilines is 2. The van der Waals surface area contributed by atoms with Crippen molar-refractivity contribution in [3.05, 3.63) is 52.7 Å². The summed E-state index contributed by atoms with van der Waals surface area (Å²) in [6, 6.07) is 12.4. The molecular weight excluding hydrogens is 258 g/mol. The molecule has 0 aliphatic carbocycles. The van der Waals surface area contributed by atoms with Crippen LogP contribution in [0, 0.1) is 0 Å². The first-order valence-electron chi connectivity index (χ1n) is 6.45. The van der Waals surface area contributed by atoms with Crippen LogP contribution in [0.4, 0.5) is 11.5 Å². The third-order valence-electron chi connectivity index (χ3n) is 3.41. The van der Waals surface area contributed by atoms with Gasteiger partial charge in [-0.15, -0.1) is 0 Å². The molecule has 0 saturated carbocycles. The molecule has 0 radical (unpaired) electrons. The van der Waals surface area contributed by atoms with Crippen molar-refractivity contribution in [2.24, 2.45) is 0 Å². The molecule has 19 heavy (non-hydrogen) atoms. The Hall–Kier alpha value is -1.58. The predicted molar refractivity (Wildman–Crippen MR) is 79.2 cm³/mol. The highest BCUT2D eigenvalue weighted by Crippen LogP contribution is 2.33. The van der Waals surface area contributed by atoms with E-state index in [1.54, 1.807) is 0 Å².